The monoisotopic (exact) mass is 198 g/mol. The first-order chi connectivity index (χ1) is 6.15. The molecule has 0 aliphatic rings. The van der Waals surface area contributed by atoms with Crippen molar-refractivity contribution in [2.45, 2.75) is 32.7 Å². The van der Waals surface area contributed by atoms with Gasteiger partial charge in [0.05, 0.1) is 6.04 Å². The summed E-state index contributed by atoms with van der Waals surface area (Å²) in [7, 11) is 0. The summed E-state index contributed by atoms with van der Waals surface area (Å²) >= 11 is 1.45. The first-order valence-corrected chi connectivity index (χ1v) is 5.27. The lowest BCUT2D eigenvalue weighted by Gasteiger charge is -1.96. The summed E-state index contributed by atoms with van der Waals surface area (Å²) in [6.45, 7) is 3.85. The van der Waals surface area contributed by atoms with Crippen LogP contribution in [0.15, 0.2) is 5.38 Å². The van der Waals surface area contributed by atoms with Crippen LogP contribution in [0.1, 0.15) is 48.2 Å². The van der Waals surface area contributed by atoms with E-state index in [1.165, 1.54) is 11.3 Å². The Bertz CT molecular complexity index is 294. The van der Waals surface area contributed by atoms with Gasteiger partial charge in [0.2, 0.25) is 0 Å². The molecule has 1 aromatic heterocycles. The molecule has 0 aliphatic carbocycles. The molecule has 0 fully saturated rings. The van der Waals surface area contributed by atoms with Crippen LogP contribution >= 0.6 is 11.3 Å². The Hall–Kier alpha value is -0.740. The Morgan fingerprint density at radius 1 is 1.77 bits per heavy atom. The van der Waals surface area contributed by atoms with E-state index in [1.54, 1.807) is 5.38 Å². The highest BCUT2D eigenvalue weighted by Crippen LogP contribution is 2.17. The number of nitrogens with zero attached hydrogens (tertiary/aromatic N) is 1. The molecule has 1 heterocycles. The van der Waals surface area contributed by atoms with Crippen molar-refractivity contribution < 1.29 is 4.79 Å². The summed E-state index contributed by atoms with van der Waals surface area (Å²) in [6, 6.07) is -0.0758. The predicted molar refractivity (Wildman–Crippen MR) is 54.0 cm³/mol. The van der Waals surface area contributed by atoms with Gasteiger partial charge in [-0.3, -0.25) is 4.79 Å². The standard InChI is InChI=1S/C9H14N2OS/c1-3-4-8(12)7-5-13-9(11-7)6(2)10/h5-6H,3-4,10H2,1-2H3. The van der Waals surface area contributed by atoms with Gasteiger partial charge in [-0.1, -0.05) is 6.92 Å². The smallest absolute Gasteiger partial charge is 0.182 e. The van der Waals surface area contributed by atoms with Crippen molar-refractivity contribution in [2.24, 2.45) is 5.73 Å². The molecule has 13 heavy (non-hydrogen) atoms. The van der Waals surface area contributed by atoms with E-state index < -0.39 is 0 Å². The summed E-state index contributed by atoms with van der Waals surface area (Å²) < 4.78 is 0. The van der Waals surface area contributed by atoms with Gasteiger partial charge < -0.3 is 5.73 Å². The molecule has 0 amide bonds. The molecule has 0 aromatic carbocycles. The number of nitrogens with two attached hydrogens (primary N) is 1. The molecule has 1 atom stereocenters. The largest absolute Gasteiger partial charge is 0.322 e. The molecular weight excluding hydrogens is 184 g/mol. The lowest BCUT2D eigenvalue weighted by atomic mass is 10.2. The Morgan fingerprint density at radius 3 is 2.92 bits per heavy atom. The molecule has 4 heteroatoms. The Morgan fingerprint density at radius 2 is 2.46 bits per heavy atom. The van der Waals surface area contributed by atoms with Crippen molar-refractivity contribution in [2.75, 3.05) is 0 Å². The van der Waals surface area contributed by atoms with E-state index in [-0.39, 0.29) is 11.8 Å². The van der Waals surface area contributed by atoms with Gasteiger partial charge in [-0.2, -0.15) is 0 Å². The highest BCUT2D eigenvalue weighted by Gasteiger charge is 2.11. The van der Waals surface area contributed by atoms with E-state index in [1.807, 2.05) is 13.8 Å². The van der Waals surface area contributed by atoms with Gasteiger partial charge in [-0.05, 0) is 13.3 Å². The SMILES string of the molecule is CCCC(=O)c1csc(C(C)N)n1. The molecular formula is C9H14N2OS. The zero-order valence-corrected chi connectivity index (χ0v) is 8.73. The van der Waals surface area contributed by atoms with Gasteiger partial charge in [0.1, 0.15) is 10.7 Å². The summed E-state index contributed by atoms with van der Waals surface area (Å²) in [5.74, 6) is 0.116. The third-order valence-electron chi connectivity index (χ3n) is 1.67. The van der Waals surface area contributed by atoms with Crippen molar-refractivity contribution in [1.82, 2.24) is 4.98 Å². The number of Topliss-reactive ketones (excluding diaryl/α,β-unsaturated/α-hetero) is 1. The van der Waals surface area contributed by atoms with Crippen LogP contribution in [0.5, 0.6) is 0 Å². The number of carbonyl (C=O) groups excluding carboxylic acids is 1. The molecule has 72 valence electrons. The molecule has 0 aliphatic heterocycles. The molecule has 1 aromatic rings. The van der Waals surface area contributed by atoms with Crippen LogP contribution in [0.4, 0.5) is 0 Å². The van der Waals surface area contributed by atoms with Crippen molar-refractivity contribution in [3.05, 3.63) is 16.1 Å². The Kier molecular flexibility index (Phi) is 3.57. The fourth-order valence-electron chi connectivity index (χ4n) is 0.980. The van der Waals surface area contributed by atoms with Crippen LogP contribution in [0.2, 0.25) is 0 Å². The zero-order valence-electron chi connectivity index (χ0n) is 7.91. The highest BCUT2D eigenvalue weighted by molar-refractivity contribution is 7.09. The maximum absolute atomic E-state index is 11.4. The summed E-state index contributed by atoms with van der Waals surface area (Å²) in [5, 5.41) is 2.62. The molecule has 0 bridgehead atoms. The Balaban J connectivity index is 2.73. The van der Waals surface area contributed by atoms with Gasteiger partial charge in [0, 0.05) is 11.8 Å². The summed E-state index contributed by atoms with van der Waals surface area (Å²) in [6.07, 6.45) is 1.44. The van der Waals surface area contributed by atoms with E-state index in [4.69, 9.17) is 5.73 Å². The maximum atomic E-state index is 11.4. The minimum Gasteiger partial charge on any atom is -0.322 e. The predicted octanol–water partition coefficient (Wildman–Crippen LogP) is 2.15. The van der Waals surface area contributed by atoms with Crippen LogP contribution in [-0.2, 0) is 0 Å². The van der Waals surface area contributed by atoms with Gasteiger partial charge in [0.25, 0.3) is 0 Å². The van der Waals surface area contributed by atoms with Crippen molar-refractivity contribution in [3.63, 3.8) is 0 Å². The number of ketones is 1. The molecule has 3 nitrogen and oxygen atoms in total. The summed E-state index contributed by atoms with van der Waals surface area (Å²) in [4.78, 5) is 15.6. The molecule has 0 radical (unpaired) electrons. The van der Waals surface area contributed by atoms with Gasteiger partial charge in [-0.25, -0.2) is 4.98 Å². The van der Waals surface area contributed by atoms with E-state index in [0.717, 1.165) is 11.4 Å². The first-order valence-electron chi connectivity index (χ1n) is 4.39. The number of hydrogen-bond donors (Lipinski definition) is 1. The van der Waals surface area contributed by atoms with Crippen LogP contribution in [-0.4, -0.2) is 10.8 Å². The third kappa shape index (κ3) is 2.60. The van der Waals surface area contributed by atoms with Crippen LogP contribution in [0.3, 0.4) is 0 Å². The zero-order chi connectivity index (χ0) is 9.84. The second-order valence-electron chi connectivity index (χ2n) is 3.03. The number of aromatic nitrogens is 1. The van der Waals surface area contributed by atoms with Crippen molar-refractivity contribution >= 4 is 17.1 Å². The van der Waals surface area contributed by atoms with E-state index >= 15 is 0 Å². The molecule has 2 N–H and O–H groups in total. The number of carbonyl (C=O) groups is 1. The molecule has 0 saturated heterocycles. The molecule has 0 saturated carbocycles. The number of rotatable bonds is 4. The molecule has 0 spiro atoms. The van der Waals surface area contributed by atoms with Gasteiger partial charge >= 0.3 is 0 Å². The van der Waals surface area contributed by atoms with Crippen molar-refractivity contribution in [1.29, 1.82) is 0 Å². The average Bonchev–Trinajstić information content (AvgIpc) is 2.52. The topological polar surface area (TPSA) is 56.0 Å². The second-order valence-corrected chi connectivity index (χ2v) is 3.92. The second kappa shape index (κ2) is 4.48. The normalized spacial score (nSPS) is 12.8. The maximum Gasteiger partial charge on any atom is 0.182 e. The van der Waals surface area contributed by atoms with Crippen LogP contribution in [0, 0.1) is 0 Å². The number of hydrogen-bond acceptors (Lipinski definition) is 4. The van der Waals surface area contributed by atoms with Gasteiger partial charge in [0.15, 0.2) is 5.78 Å². The fraction of sp³-hybridized carbons (Fsp3) is 0.556. The third-order valence-corrected chi connectivity index (χ3v) is 2.72. The average molecular weight is 198 g/mol. The molecule has 1 rings (SSSR count). The van der Waals surface area contributed by atoms with E-state index in [0.29, 0.717) is 12.1 Å². The van der Waals surface area contributed by atoms with Crippen LogP contribution in [0.25, 0.3) is 0 Å². The minimum atomic E-state index is -0.0758. The number of thiazole rings is 1. The van der Waals surface area contributed by atoms with Crippen molar-refractivity contribution in [3.8, 4) is 0 Å². The van der Waals surface area contributed by atoms with E-state index in [9.17, 15) is 4.79 Å². The summed E-state index contributed by atoms with van der Waals surface area (Å²) in [5.41, 5.74) is 6.21. The van der Waals surface area contributed by atoms with E-state index in [2.05, 4.69) is 4.98 Å². The quantitative estimate of drug-likeness (QED) is 0.754. The first kappa shape index (κ1) is 10.3. The highest BCUT2D eigenvalue weighted by atomic mass is 32.1. The van der Waals surface area contributed by atoms with Crippen LogP contribution < -0.4 is 5.73 Å². The lowest BCUT2D eigenvalue weighted by molar-refractivity contribution is 0.0977. The Labute approximate surface area is 82.0 Å². The minimum absolute atomic E-state index is 0.0758. The lowest BCUT2D eigenvalue weighted by Crippen LogP contribution is -2.05. The van der Waals surface area contributed by atoms with Gasteiger partial charge in [-0.15, -0.1) is 11.3 Å². The fourth-order valence-corrected chi connectivity index (χ4v) is 1.76. The molecule has 1 unspecified atom stereocenters.